The van der Waals surface area contributed by atoms with Gasteiger partial charge in [-0.1, -0.05) is 73.6 Å². The number of fused-ring (bicyclic) bond motifs is 8. The number of allylic oxidation sites excluding steroid dienone is 2. The van der Waals surface area contributed by atoms with E-state index in [0.717, 1.165) is 84.8 Å². The number of aromatic amines is 3. The highest BCUT2D eigenvalue weighted by atomic mass is 14.8. The van der Waals surface area contributed by atoms with Crippen molar-refractivity contribution in [1.82, 2.24) is 19.9 Å². The lowest BCUT2D eigenvalue weighted by molar-refractivity contribution is 1.07. The smallest absolute Gasteiger partial charge is 0.113 e. The third-order valence-corrected chi connectivity index (χ3v) is 10.2. The monoisotopic (exact) mass is 625 g/mol. The molecule has 0 atom stereocenters. The van der Waals surface area contributed by atoms with Crippen molar-refractivity contribution in [3.63, 3.8) is 0 Å². The summed E-state index contributed by atoms with van der Waals surface area (Å²) in [7, 11) is 0. The van der Waals surface area contributed by atoms with E-state index in [-0.39, 0.29) is 0 Å². The van der Waals surface area contributed by atoms with Crippen LogP contribution in [0, 0.1) is 0 Å². The summed E-state index contributed by atoms with van der Waals surface area (Å²) in [5, 5.41) is 0.934. The Labute approximate surface area is 279 Å². The van der Waals surface area contributed by atoms with Crippen LogP contribution in [0.1, 0.15) is 113 Å². The van der Waals surface area contributed by atoms with Crippen LogP contribution in [-0.4, -0.2) is 19.9 Å². The third-order valence-electron chi connectivity index (χ3n) is 10.2. The Morgan fingerprint density at radius 3 is 1.40 bits per heavy atom. The minimum atomic E-state index is 0.893. The Morgan fingerprint density at radius 2 is 0.936 bits per heavy atom. The maximum absolute atomic E-state index is 5.50. The lowest BCUT2D eigenvalue weighted by Gasteiger charge is -2.05. The normalized spacial score (nSPS) is 13.0. The fourth-order valence-electron chi connectivity index (χ4n) is 8.00. The van der Waals surface area contributed by atoms with E-state index in [1.54, 1.807) is 0 Å². The second-order valence-corrected chi connectivity index (χ2v) is 12.5. The molecule has 8 bridgehead atoms. The molecule has 5 aromatic rings. The Balaban J connectivity index is 1.95. The quantitative estimate of drug-likeness (QED) is 0.150. The molecule has 47 heavy (non-hydrogen) atoms. The second-order valence-electron chi connectivity index (χ2n) is 12.5. The molecule has 0 fully saturated rings. The van der Waals surface area contributed by atoms with Crippen LogP contribution in [0.5, 0.6) is 0 Å². The van der Waals surface area contributed by atoms with Crippen molar-refractivity contribution in [2.24, 2.45) is 4.99 Å². The number of hydrogen-bond acceptors (Lipinski definition) is 2. The molecule has 244 valence electrons. The second kappa shape index (κ2) is 13.8. The van der Waals surface area contributed by atoms with Crippen LogP contribution in [0.25, 0.3) is 44.2 Å². The highest BCUT2D eigenvalue weighted by Gasteiger charge is 2.22. The zero-order chi connectivity index (χ0) is 33.2. The van der Waals surface area contributed by atoms with Gasteiger partial charge in [-0.15, -0.1) is 0 Å². The van der Waals surface area contributed by atoms with Gasteiger partial charge in [-0.05, 0) is 126 Å². The van der Waals surface area contributed by atoms with E-state index in [0.29, 0.717) is 0 Å². The van der Waals surface area contributed by atoms with Crippen LogP contribution < -0.4 is 5.36 Å². The number of para-hydroxylation sites is 1. The van der Waals surface area contributed by atoms with E-state index < -0.39 is 0 Å². The van der Waals surface area contributed by atoms with Crippen LogP contribution in [0.3, 0.4) is 0 Å². The molecule has 5 heteroatoms. The van der Waals surface area contributed by atoms with Crippen molar-refractivity contribution < 1.29 is 0 Å². The molecule has 3 N–H and O–H groups in total. The molecule has 6 rings (SSSR count). The first-order chi connectivity index (χ1) is 22.9. The molecular formula is C42H51N5. The van der Waals surface area contributed by atoms with Crippen molar-refractivity contribution >= 4 is 49.9 Å². The Kier molecular flexibility index (Phi) is 9.54. The first-order valence-corrected chi connectivity index (χ1v) is 18.0. The molecule has 1 aliphatic heterocycles. The molecule has 4 aromatic heterocycles. The number of nitrogens with one attached hydrogen (secondary N) is 3. The number of aryl methyl sites for hydroxylation is 6. The minimum Gasteiger partial charge on any atom is -0.355 e. The minimum absolute atomic E-state index is 0.893. The van der Waals surface area contributed by atoms with E-state index in [1.165, 1.54) is 66.6 Å². The molecule has 0 saturated carbocycles. The fraction of sp³-hybridized carbons (Fsp3) is 0.381. The van der Waals surface area contributed by atoms with E-state index in [9.17, 15) is 0 Å². The van der Waals surface area contributed by atoms with Crippen LogP contribution in [0.4, 0.5) is 5.69 Å². The van der Waals surface area contributed by atoms with E-state index in [1.807, 2.05) is 0 Å². The number of H-pyrrole nitrogens is 3. The summed E-state index contributed by atoms with van der Waals surface area (Å²) < 4.78 is 0. The summed E-state index contributed by atoms with van der Waals surface area (Å²) in [5.41, 5.74) is 20.9. The zero-order valence-electron chi connectivity index (χ0n) is 29.7. The number of hydrogen-bond donors (Lipinski definition) is 3. The Hall–Kier alpha value is -4.38. The summed E-state index contributed by atoms with van der Waals surface area (Å²) in [5.74, 6) is 0. The van der Waals surface area contributed by atoms with Gasteiger partial charge in [-0.3, -0.25) is 0 Å². The van der Waals surface area contributed by atoms with Gasteiger partial charge in [0, 0.05) is 27.6 Å². The average molecular weight is 626 g/mol. The van der Waals surface area contributed by atoms with Gasteiger partial charge in [-0.25, -0.2) is 9.98 Å². The van der Waals surface area contributed by atoms with Gasteiger partial charge in [0.1, 0.15) is 5.36 Å². The van der Waals surface area contributed by atoms with Crippen molar-refractivity contribution in [3.05, 3.63) is 98.7 Å². The highest BCUT2D eigenvalue weighted by molar-refractivity contribution is 5.94. The van der Waals surface area contributed by atoms with Gasteiger partial charge in [0.25, 0.3) is 0 Å². The molecule has 0 saturated heterocycles. The topological polar surface area (TPSA) is 72.6 Å². The number of nitrogens with zero attached hydrogens (tertiary/aromatic N) is 2. The molecule has 0 aliphatic carbocycles. The molecule has 1 aromatic carbocycles. The largest absolute Gasteiger partial charge is 0.355 e. The fourth-order valence-corrected chi connectivity index (χ4v) is 8.00. The molecule has 0 radical (unpaired) electrons. The van der Waals surface area contributed by atoms with Crippen molar-refractivity contribution in [2.75, 3.05) is 0 Å². The molecule has 1 aliphatic rings. The number of benzene rings is 1. The Morgan fingerprint density at radius 1 is 0.489 bits per heavy atom. The lowest BCUT2D eigenvalue weighted by Crippen LogP contribution is -2.11. The maximum atomic E-state index is 5.50. The van der Waals surface area contributed by atoms with Gasteiger partial charge in [0.2, 0.25) is 0 Å². The van der Waals surface area contributed by atoms with Gasteiger partial charge in [0.05, 0.1) is 22.6 Å². The van der Waals surface area contributed by atoms with E-state index in [2.05, 4.69) is 119 Å². The zero-order valence-corrected chi connectivity index (χ0v) is 29.7. The van der Waals surface area contributed by atoms with Crippen LogP contribution in [0.2, 0.25) is 0 Å². The first kappa shape index (κ1) is 32.6. The molecule has 0 amide bonds. The number of rotatable bonds is 9. The van der Waals surface area contributed by atoms with Gasteiger partial charge in [-0.2, -0.15) is 0 Å². The van der Waals surface area contributed by atoms with Gasteiger partial charge < -0.3 is 15.0 Å². The van der Waals surface area contributed by atoms with Gasteiger partial charge in [0.15, 0.2) is 0 Å². The molecule has 5 nitrogen and oxygen atoms in total. The maximum Gasteiger partial charge on any atom is 0.113 e. The number of aromatic nitrogens is 4. The third kappa shape index (κ3) is 5.64. The lowest BCUT2D eigenvalue weighted by atomic mass is 9.99. The van der Waals surface area contributed by atoms with Crippen molar-refractivity contribution in [2.45, 2.75) is 107 Å². The molecule has 0 spiro atoms. The van der Waals surface area contributed by atoms with Crippen LogP contribution in [-0.2, 0) is 38.5 Å². The molecule has 0 unspecified atom stereocenters. The molecular weight excluding hydrogens is 574 g/mol. The van der Waals surface area contributed by atoms with E-state index >= 15 is 0 Å². The van der Waals surface area contributed by atoms with Crippen molar-refractivity contribution in [1.29, 1.82) is 0 Å². The summed E-state index contributed by atoms with van der Waals surface area (Å²) in [6.45, 7) is 18.2. The summed E-state index contributed by atoms with van der Waals surface area (Å²) >= 11 is 0. The van der Waals surface area contributed by atoms with E-state index in [4.69, 9.17) is 9.98 Å². The summed E-state index contributed by atoms with van der Waals surface area (Å²) in [4.78, 5) is 22.6. The highest BCUT2D eigenvalue weighted by Crippen LogP contribution is 2.35. The Bertz CT molecular complexity index is 2170. The summed E-state index contributed by atoms with van der Waals surface area (Å²) in [6.07, 6.45) is 7.54. The standard InChI is InChI=1S/C42H51N5/c1-9-26-28(11-3)36-23-38-30(13-5)32(15-7)40(46-38)42(43-25-20-18-17-19-21-25)41-33(16-8)31(14-6)39(47-41)24-37-29(12-4)27(10-2)35(45-37)22-34(26)44-36/h17-24,44-46H,9-16H2,1-8H3. The van der Waals surface area contributed by atoms with Crippen LogP contribution in [0.15, 0.2) is 53.5 Å². The van der Waals surface area contributed by atoms with Crippen molar-refractivity contribution in [3.8, 4) is 0 Å². The SMILES string of the molecule is CCC1=C(CC)c2nc1cc1[nH]c(cc3[nH]c(cc4[nH]c(c(CC)c4CC)c2=Nc2ccccc2)c(CC)c3CC)c(CC)c1CC. The molecule has 5 heterocycles. The average Bonchev–Trinajstić information content (AvgIpc) is 3.82. The first-order valence-electron chi connectivity index (χ1n) is 18.0. The summed E-state index contributed by atoms with van der Waals surface area (Å²) in [6, 6.07) is 17.4. The predicted octanol–water partition coefficient (Wildman–Crippen LogP) is 10.9. The predicted molar refractivity (Wildman–Crippen MR) is 202 cm³/mol. The van der Waals surface area contributed by atoms with Gasteiger partial charge >= 0.3 is 0 Å². The van der Waals surface area contributed by atoms with Crippen LogP contribution >= 0.6 is 0 Å².